The number of imidazole rings is 1. The Labute approximate surface area is 116 Å². The highest BCUT2D eigenvalue weighted by molar-refractivity contribution is 6.52. The molecule has 4 nitrogen and oxygen atoms in total. The molecule has 0 spiro atoms. The van der Waals surface area contributed by atoms with Crippen LogP contribution in [0.2, 0.25) is 0 Å². The van der Waals surface area contributed by atoms with E-state index in [-0.39, 0.29) is 18.3 Å². The summed E-state index contributed by atoms with van der Waals surface area (Å²) < 4.78 is 14.0. The first-order chi connectivity index (χ1) is 8.73. The van der Waals surface area contributed by atoms with E-state index in [0.29, 0.717) is 6.04 Å². The molecule has 19 heavy (non-hydrogen) atoms. The Kier molecular flexibility index (Phi) is 3.62. The number of rotatable bonds is 3. The predicted molar refractivity (Wildman–Crippen MR) is 77.7 cm³/mol. The zero-order valence-corrected chi connectivity index (χ0v) is 12.7. The number of hydrogen-bond donors (Lipinski definition) is 0. The van der Waals surface area contributed by atoms with E-state index < -0.39 is 0 Å². The van der Waals surface area contributed by atoms with Gasteiger partial charge in [-0.2, -0.15) is 0 Å². The predicted octanol–water partition coefficient (Wildman–Crippen LogP) is 3.11. The van der Waals surface area contributed by atoms with Gasteiger partial charge >= 0.3 is 7.12 Å². The normalized spacial score (nSPS) is 21.7. The molecule has 0 atom stereocenters. The smallest absolute Gasteiger partial charge is 0.400 e. The average Bonchev–Trinajstić information content (AvgIpc) is 2.79. The van der Waals surface area contributed by atoms with E-state index >= 15 is 0 Å². The molecule has 1 saturated heterocycles. The Morgan fingerprint density at radius 2 is 1.79 bits per heavy atom. The van der Waals surface area contributed by atoms with E-state index in [4.69, 9.17) is 9.31 Å². The van der Waals surface area contributed by atoms with Crippen LogP contribution in [0.1, 0.15) is 53.3 Å². The summed E-state index contributed by atoms with van der Waals surface area (Å²) in [4.78, 5) is 4.18. The van der Waals surface area contributed by atoms with E-state index in [2.05, 4.69) is 51.1 Å². The summed E-state index contributed by atoms with van der Waals surface area (Å²) in [6.07, 6.45) is 5.70. The lowest BCUT2D eigenvalue weighted by Gasteiger charge is -2.32. The molecule has 0 unspecified atom stereocenters. The van der Waals surface area contributed by atoms with Gasteiger partial charge in [-0.05, 0) is 47.6 Å². The third kappa shape index (κ3) is 2.77. The summed E-state index contributed by atoms with van der Waals surface area (Å²) in [6.45, 7) is 12.5. The molecule has 0 bridgehead atoms. The minimum Gasteiger partial charge on any atom is -0.400 e. The molecule has 0 saturated carbocycles. The fourth-order valence-electron chi connectivity index (χ4n) is 2.02. The van der Waals surface area contributed by atoms with Gasteiger partial charge in [0.25, 0.3) is 0 Å². The van der Waals surface area contributed by atoms with Crippen LogP contribution in [-0.4, -0.2) is 27.9 Å². The van der Waals surface area contributed by atoms with E-state index in [9.17, 15) is 0 Å². The van der Waals surface area contributed by atoms with E-state index in [1.807, 2.05) is 24.6 Å². The van der Waals surface area contributed by atoms with Crippen LogP contribution < -0.4 is 0 Å². The summed E-state index contributed by atoms with van der Waals surface area (Å²) in [6, 6.07) is 0.389. The highest BCUT2D eigenvalue weighted by Gasteiger charge is 2.50. The van der Waals surface area contributed by atoms with Crippen LogP contribution in [0.5, 0.6) is 0 Å². The Bertz CT molecular complexity index is 462. The SMILES string of the molecule is CC(C)n1cncc1/C=C/B1OC(C)(C)C(C)(C)O1. The van der Waals surface area contributed by atoms with Crippen molar-refractivity contribution < 1.29 is 9.31 Å². The second kappa shape index (κ2) is 4.80. The Morgan fingerprint density at radius 3 is 2.32 bits per heavy atom. The largest absolute Gasteiger partial charge is 0.487 e. The van der Waals surface area contributed by atoms with Gasteiger partial charge in [0.05, 0.1) is 29.4 Å². The second-order valence-electron chi connectivity index (χ2n) is 6.30. The lowest BCUT2D eigenvalue weighted by Crippen LogP contribution is -2.41. The van der Waals surface area contributed by atoms with Crippen LogP contribution in [0.25, 0.3) is 6.08 Å². The van der Waals surface area contributed by atoms with Crippen molar-refractivity contribution >= 4 is 13.2 Å². The molecule has 1 aliphatic heterocycles. The number of nitrogens with zero attached hydrogens (tertiary/aromatic N) is 2. The van der Waals surface area contributed by atoms with Gasteiger partial charge in [0.2, 0.25) is 0 Å². The van der Waals surface area contributed by atoms with Gasteiger partial charge in [-0.3, -0.25) is 0 Å². The second-order valence-corrected chi connectivity index (χ2v) is 6.30. The Morgan fingerprint density at radius 1 is 1.21 bits per heavy atom. The van der Waals surface area contributed by atoms with Gasteiger partial charge in [-0.25, -0.2) is 4.98 Å². The maximum atomic E-state index is 5.92. The maximum Gasteiger partial charge on any atom is 0.487 e. The van der Waals surface area contributed by atoms with Gasteiger partial charge in [0.1, 0.15) is 0 Å². The van der Waals surface area contributed by atoms with Crippen molar-refractivity contribution in [3.8, 4) is 0 Å². The first-order valence-electron chi connectivity index (χ1n) is 6.78. The molecule has 0 N–H and O–H groups in total. The third-order valence-corrected chi connectivity index (χ3v) is 3.95. The van der Waals surface area contributed by atoms with Crippen LogP contribution in [-0.2, 0) is 9.31 Å². The lowest BCUT2D eigenvalue weighted by atomic mass is 9.90. The van der Waals surface area contributed by atoms with Crippen molar-refractivity contribution in [2.75, 3.05) is 0 Å². The van der Waals surface area contributed by atoms with Crippen LogP contribution in [0.3, 0.4) is 0 Å². The third-order valence-electron chi connectivity index (χ3n) is 3.95. The number of hydrogen-bond acceptors (Lipinski definition) is 3. The highest BCUT2D eigenvalue weighted by atomic mass is 16.7. The van der Waals surface area contributed by atoms with Crippen molar-refractivity contribution in [2.24, 2.45) is 0 Å². The monoisotopic (exact) mass is 262 g/mol. The number of aromatic nitrogens is 2. The van der Waals surface area contributed by atoms with Crippen LogP contribution in [0.4, 0.5) is 0 Å². The maximum absolute atomic E-state index is 5.92. The minimum atomic E-state index is -0.305. The standard InChI is InChI=1S/C14H23BN2O2/c1-11(2)17-10-16-9-12(17)7-8-15-18-13(3,4)14(5,6)19-15/h7-11H,1-6H3/b8-7+. The molecule has 1 fully saturated rings. The quantitative estimate of drug-likeness (QED) is 0.785. The molecule has 2 heterocycles. The minimum absolute atomic E-state index is 0.291. The van der Waals surface area contributed by atoms with Crippen molar-refractivity contribution in [2.45, 2.75) is 58.8 Å². The molecule has 1 aromatic heterocycles. The van der Waals surface area contributed by atoms with Crippen LogP contribution >= 0.6 is 0 Å². The topological polar surface area (TPSA) is 36.3 Å². The zero-order valence-electron chi connectivity index (χ0n) is 12.7. The van der Waals surface area contributed by atoms with Crippen molar-refractivity contribution in [3.05, 3.63) is 24.2 Å². The summed E-state index contributed by atoms with van der Waals surface area (Å²) >= 11 is 0. The molecule has 0 radical (unpaired) electrons. The van der Waals surface area contributed by atoms with Crippen molar-refractivity contribution in [1.82, 2.24) is 9.55 Å². The van der Waals surface area contributed by atoms with E-state index in [1.54, 1.807) is 0 Å². The average molecular weight is 262 g/mol. The molecule has 1 aromatic rings. The Hall–Kier alpha value is -1.07. The van der Waals surface area contributed by atoms with Gasteiger partial charge in [-0.1, -0.05) is 5.98 Å². The molecule has 0 aliphatic carbocycles. The zero-order chi connectivity index (χ0) is 14.3. The van der Waals surface area contributed by atoms with Crippen LogP contribution in [0.15, 0.2) is 18.5 Å². The first-order valence-corrected chi connectivity index (χ1v) is 6.78. The summed E-state index contributed by atoms with van der Waals surface area (Å²) in [5, 5.41) is 0. The summed E-state index contributed by atoms with van der Waals surface area (Å²) in [7, 11) is -0.305. The van der Waals surface area contributed by atoms with E-state index in [1.165, 1.54) is 0 Å². The molecular weight excluding hydrogens is 239 g/mol. The molecule has 2 rings (SSSR count). The van der Waals surface area contributed by atoms with Crippen LogP contribution in [0, 0.1) is 0 Å². The Balaban J connectivity index is 2.11. The van der Waals surface area contributed by atoms with E-state index in [0.717, 1.165) is 5.69 Å². The lowest BCUT2D eigenvalue weighted by molar-refractivity contribution is 0.00578. The summed E-state index contributed by atoms with van der Waals surface area (Å²) in [5.41, 5.74) is 0.477. The molecule has 5 heteroatoms. The van der Waals surface area contributed by atoms with Gasteiger partial charge < -0.3 is 13.9 Å². The molecular formula is C14H23BN2O2. The molecule has 1 aliphatic rings. The van der Waals surface area contributed by atoms with Gasteiger partial charge in [-0.15, -0.1) is 0 Å². The fraction of sp³-hybridized carbons (Fsp3) is 0.643. The van der Waals surface area contributed by atoms with Crippen molar-refractivity contribution in [3.63, 3.8) is 0 Å². The fourth-order valence-corrected chi connectivity index (χ4v) is 2.02. The van der Waals surface area contributed by atoms with Gasteiger partial charge in [0, 0.05) is 6.04 Å². The first kappa shape index (κ1) is 14.3. The van der Waals surface area contributed by atoms with Gasteiger partial charge in [0.15, 0.2) is 0 Å². The highest BCUT2D eigenvalue weighted by Crippen LogP contribution is 2.37. The summed E-state index contributed by atoms with van der Waals surface area (Å²) in [5.74, 6) is 1.95. The molecule has 0 aromatic carbocycles. The van der Waals surface area contributed by atoms with Crippen molar-refractivity contribution in [1.29, 1.82) is 0 Å². The molecule has 0 amide bonds. The molecule has 104 valence electrons.